The van der Waals surface area contributed by atoms with Crippen LogP contribution in [-0.2, 0) is 4.79 Å². The summed E-state index contributed by atoms with van der Waals surface area (Å²) in [7, 11) is 3.71. The smallest absolute Gasteiger partial charge is 0.244 e. The summed E-state index contributed by atoms with van der Waals surface area (Å²) in [4.78, 5) is 13.6. The highest BCUT2D eigenvalue weighted by Crippen LogP contribution is 1.87. The molecule has 0 radical (unpaired) electrons. The van der Waals surface area contributed by atoms with E-state index in [0.29, 0.717) is 6.54 Å². The highest BCUT2D eigenvalue weighted by Gasteiger charge is 2.00. The SMILES string of the molecule is CC(C)=CC(=O)NCC(=S)N(C)C. The zero-order chi connectivity index (χ0) is 10.4. The number of rotatable bonds is 3. The number of carbonyl (C=O) groups excluding carboxylic acids is 1. The predicted octanol–water partition coefficient (Wildman–Crippen LogP) is 0.958. The van der Waals surface area contributed by atoms with Gasteiger partial charge in [0.1, 0.15) is 0 Å². The van der Waals surface area contributed by atoms with Crippen LogP contribution in [0.5, 0.6) is 0 Å². The summed E-state index contributed by atoms with van der Waals surface area (Å²) in [6.07, 6.45) is 1.55. The number of amides is 1. The fraction of sp³-hybridized carbons (Fsp3) is 0.556. The zero-order valence-electron chi connectivity index (χ0n) is 8.55. The lowest BCUT2D eigenvalue weighted by molar-refractivity contribution is -0.116. The van der Waals surface area contributed by atoms with E-state index in [4.69, 9.17) is 12.2 Å². The van der Waals surface area contributed by atoms with Gasteiger partial charge in [-0.05, 0) is 13.8 Å². The van der Waals surface area contributed by atoms with Crippen LogP contribution < -0.4 is 5.32 Å². The summed E-state index contributed by atoms with van der Waals surface area (Å²) in [5, 5.41) is 2.70. The molecule has 0 rings (SSSR count). The number of hydrogen-bond donors (Lipinski definition) is 1. The normalized spacial score (nSPS) is 8.92. The van der Waals surface area contributed by atoms with Crippen LogP contribution in [0.2, 0.25) is 0 Å². The van der Waals surface area contributed by atoms with Crippen LogP contribution in [0.1, 0.15) is 13.8 Å². The van der Waals surface area contributed by atoms with E-state index in [0.717, 1.165) is 10.6 Å². The molecule has 0 aromatic carbocycles. The lowest BCUT2D eigenvalue weighted by atomic mass is 10.3. The van der Waals surface area contributed by atoms with E-state index >= 15 is 0 Å². The Bertz CT molecular complexity index is 230. The van der Waals surface area contributed by atoms with E-state index in [1.165, 1.54) is 0 Å². The van der Waals surface area contributed by atoms with Crippen LogP contribution in [0, 0.1) is 0 Å². The van der Waals surface area contributed by atoms with Gasteiger partial charge in [0.2, 0.25) is 5.91 Å². The molecule has 0 spiro atoms. The van der Waals surface area contributed by atoms with Gasteiger partial charge in [-0.25, -0.2) is 0 Å². The molecule has 0 saturated heterocycles. The molecular formula is C9H16N2OS. The molecule has 3 nitrogen and oxygen atoms in total. The van der Waals surface area contributed by atoms with Crippen molar-refractivity contribution in [2.75, 3.05) is 20.6 Å². The number of hydrogen-bond acceptors (Lipinski definition) is 2. The Balaban J connectivity index is 3.84. The van der Waals surface area contributed by atoms with Gasteiger partial charge in [-0.3, -0.25) is 4.79 Å². The van der Waals surface area contributed by atoms with E-state index in [1.54, 1.807) is 11.0 Å². The minimum atomic E-state index is -0.0933. The molecule has 1 amide bonds. The van der Waals surface area contributed by atoms with Gasteiger partial charge in [-0.15, -0.1) is 0 Å². The Morgan fingerprint density at radius 2 is 2.00 bits per heavy atom. The van der Waals surface area contributed by atoms with Crippen LogP contribution in [0.15, 0.2) is 11.6 Å². The third-order valence-electron chi connectivity index (χ3n) is 1.33. The summed E-state index contributed by atoms with van der Waals surface area (Å²) >= 11 is 5.00. The minimum Gasteiger partial charge on any atom is -0.371 e. The topological polar surface area (TPSA) is 32.3 Å². The molecule has 0 fully saturated rings. The van der Waals surface area contributed by atoms with E-state index in [1.807, 2.05) is 27.9 Å². The average Bonchev–Trinajstić information content (AvgIpc) is 1.98. The van der Waals surface area contributed by atoms with Gasteiger partial charge < -0.3 is 10.2 Å². The molecule has 1 N–H and O–H groups in total. The Morgan fingerprint density at radius 3 is 2.38 bits per heavy atom. The van der Waals surface area contributed by atoms with E-state index < -0.39 is 0 Å². The number of nitrogens with one attached hydrogen (secondary N) is 1. The first kappa shape index (κ1) is 12.1. The summed E-state index contributed by atoms with van der Waals surface area (Å²) in [6, 6.07) is 0. The molecule has 0 aliphatic rings. The van der Waals surface area contributed by atoms with Gasteiger partial charge in [0.25, 0.3) is 0 Å². The van der Waals surface area contributed by atoms with Gasteiger partial charge in [-0.1, -0.05) is 17.8 Å². The molecule has 0 aliphatic carbocycles. The van der Waals surface area contributed by atoms with Gasteiger partial charge in [0.15, 0.2) is 0 Å². The molecule has 0 bridgehead atoms. The number of carbonyl (C=O) groups is 1. The Hall–Kier alpha value is -0.900. The third kappa shape index (κ3) is 6.28. The van der Waals surface area contributed by atoms with Crippen molar-refractivity contribution in [3.8, 4) is 0 Å². The first-order valence-corrected chi connectivity index (χ1v) is 4.47. The first-order chi connectivity index (χ1) is 5.93. The zero-order valence-corrected chi connectivity index (χ0v) is 9.36. The first-order valence-electron chi connectivity index (χ1n) is 4.06. The second-order valence-electron chi connectivity index (χ2n) is 3.23. The standard InChI is InChI=1S/C9H16N2OS/c1-7(2)5-8(12)10-6-9(13)11(3)4/h5H,6H2,1-4H3,(H,10,12). The number of thiocarbonyl (C=S) groups is 1. The van der Waals surface area contributed by atoms with Crippen molar-refractivity contribution >= 4 is 23.1 Å². The third-order valence-corrected chi connectivity index (χ3v) is 1.84. The van der Waals surface area contributed by atoms with Crippen molar-refractivity contribution in [2.45, 2.75) is 13.8 Å². The van der Waals surface area contributed by atoms with Crippen molar-refractivity contribution in [2.24, 2.45) is 0 Å². The Labute approximate surface area is 84.8 Å². The summed E-state index contributed by atoms with van der Waals surface area (Å²) < 4.78 is 0. The fourth-order valence-electron chi connectivity index (χ4n) is 0.634. The fourth-order valence-corrected chi connectivity index (χ4v) is 0.706. The Morgan fingerprint density at radius 1 is 1.46 bits per heavy atom. The monoisotopic (exact) mass is 200 g/mol. The van der Waals surface area contributed by atoms with Crippen LogP contribution in [-0.4, -0.2) is 36.4 Å². The highest BCUT2D eigenvalue weighted by molar-refractivity contribution is 7.80. The lowest BCUT2D eigenvalue weighted by Gasteiger charge is -2.13. The molecular weight excluding hydrogens is 184 g/mol. The van der Waals surface area contributed by atoms with Gasteiger partial charge in [-0.2, -0.15) is 0 Å². The van der Waals surface area contributed by atoms with Crippen molar-refractivity contribution in [1.82, 2.24) is 10.2 Å². The quantitative estimate of drug-likeness (QED) is 0.544. The van der Waals surface area contributed by atoms with Crippen LogP contribution in [0.25, 0.3) is 0 Å². The summed E-state index contributed by atoms with van der Waals surface area (Å²) in [5.74, 6) is -0.0933. The molecule has 0 aromatic rings. The second kappa shape index (κ2) is 5.70. The maximum absolute atomic E-state index is 11.1. The van der Waals surface area contributed by atoms with Gasteiger partial charge in [0, 0.05) is 20.2 Å². The van der Waals surface area contributed by atoms with Crippen molar-refractivity contribution in [3.63, 3.8) is 0 Å². The molecule has 0 aliphatic heterocycles. The number of nitrogens with zero attached hydrogens (tertiary/aromatic N) is 1. The molecule has 4 heteroatoms. The van der Waals surface area contributed by atoms with Crippen molar-refractivity contribution in [3.05, 3.63) is 11.6 Å². The van der Waals surface area contributed by atoms with E-state index in [2.05, 4.69) is 5.32 Å². The van der Waals surface area contributed by atoms with Crippen molar-refractivity contribution in [1.29, 1.82) is 0 Å². The van der Waals surface area contributed by atoms with E-state index in [-0.39, 0.29) is 5.91 Å². The molecule has 13 heavy (non-hydrogen) atoms. The molecule has 0 unspecified atom stereocenters. The second-order valence-corrected chi connectivity index (χ2v) is 3.70. The average molecular weight is 200 g/mol. The minimum absolute atomic E-state index is 0.0933. The maximum Gasteiger partial charge on any atom is 0.244 e. The van der Waals surface area contributed by atoms with Crippen molar-refractivity contribution < 1.29 is 4.79 Å². The largest absolute Gasteiger partial charge is 0.371 e. The van der Waals surface area contributed by atoms with Gasteiger partial charge in [0.05, 0.1) is 11.5 Å². The number of allylic oxidation sites excluding steroid dienone is 1. The van der Waals surface area contributed by atoms with Crippen LogP contribution in [0.3, 0.4) is 0 Å². The molecule has 74 valence electrons. The molecule has 0 saturated carbocycles. The summed E-state index contributed by atoms with van der Waals surface area (Å²) in [5.41, 5.74) is 0.980. The molecule has 0 heterocycles. The highest BCUT2D eigenvalue weighted by atomic mass is 32.1. The van der Waals surface area contributed by atoms with E-state index in [9.17, 15) is 4.79 Å². The molecule has 0 atom stereocenters. The van der Waals surface area contributed by atoms with Gasteiger partial charge >= 0.3 is 0 Å². The maximum atomic E-state index is 11.1. The van der Waals surface area contributed by atoms with Crippen LogP contribution in [0.4, 0.5) is 0 Å². The van der Waals surface area contributed by atoms with Crippen LogP contribution >= 0.6 is 12.2 Å². The predicted molar refractivity (Wildman–Crippen MR) is 58.7 cm³/mol. The lowest BCUT2D eigenvalue weighted by Crippen LogP contribution is -2.34. The number of likely N-dealkylation sites (N-methyl/N-ethyl adjacent to an activating group) is 1. The Kier molecular flexibility index (Phi) is 5.30. The molecule has 0 aromatic heterocycles. The summed E-state index contributed by atoms with van der Waals surface area (Å²) in [6.45, 7) is 4.18.